The van der Waals surface area contributed by atoms with Gasteiger partial charge in [-0.1, -0.05) is 6.07 Å². The van der Waals surface area contributed by atoms with Gasteiger partial charge in [0.2, 0.25) is 5.91 Å². The number of nitrogens with zero attached hydrogens (tertiary/aromatic N) is 2. The number of amides is 1. The number of aryl methyl sites for hydroxylation is 1. The molecule has 0 atom stereocenters. The third kappa shape index (κ3) is 2.25. The van der Waals surface area contributed by atoms with Gasteiger partial charge >= 0.3 is 5.76 Å². The molecule has 0 fully saturated rings. The van der Waals surface area contributed by atoms with Crippen molar-refractivity contribution in [1.29, 1.82) is 5.26 Å². The predicted molar refractivity (Wildman–Crippen MR) is 63.5 cm³/mol. The zero-order valence-electron chi connectivity index (χ0n) is 9.77. The lowest BCUT2D eigenvalue weighted by Gasteiger charge is -2.02. The zero-order chi connectivity index (χ0) is 13.1. The van der Waals surface area contributed by atoms with Crippen LogP contribution in [0.4, 0.5) is 0 Å². The highest BCUT2D eigenvalue weighted by molar-refractivity contribution is 5.78. The number of nitrogens with one attached hydrogen (secondary N) is 1. The molecule has 0 aliphatic heterocycles. The summed E-state index contributed by atoms with van der Waals surface area (Å²) in [5.74, 6) is -0.747. The Labute approximate surface area is 102 Å². The van der Waals surface area contributed by atoms with Crippen molar-refractivity contribution in [3.05, 3.63) is 34.3 Å². The zero-order valence-corrected chi connectivity index (χ0v) is 9.77. The molecule has 0 bridgehead atoms. The van der Waals surface area contributed by atoms with Crippen LogP contribution in [0.2, 0.25) is 0 Å². The molecule has 1 heterocycles. The van der Waals surface area contributed by atoms with Gasteiger partial charge in [-0.25, -0.2) is 4.79 Å². The van der Waals surface area contributed by atoms with Crippen LogP contribution in [0.3, 0.4) is 0 Å². The molecule has 0 radical (unpaired) electrons. The number of oxazole rings is 1. The number of hydrogen-bond acceptors (Lipinski definition) is 4. The highest BCUT2D eigenvalue weighted by atomic mass is 16.4. The molecular weight excluding hydrogens is 234 g/mol. The fourth-order valence-electron chi connectivity index (χ4n) is 1.62. The third-order valence-electron chi connectivity index (χ3n) is 2.59. The van der Waals surface area contributed by atoms with Gasteiger partial charge in [-0.2, -0.15) is 5.26 Å². The maximum Gasteiger partial charge on any atom is 0.419 e. The molecule has 6 heteroatoms. The van der Waals surface area contributed by atoms with E-state index in [1.165, 1.54) is 4.57 Å². The Bertz CT molecular complexity index is 691. The van der Waals surface area contributed by atoms with E-state index in [0.29, 0.717) is 17.6 Å². The fraction of sp³-hybridized carbons (Fsp3) is 0.250. The Morgan fingerprint density at radius 2 is 2.33 bits per heavy atom. The van der Waals surface area contributed by atoms with Crippen molar-refractivity contribution in [2.24, 2.45) is 7.05 Å². The number of carbonyl (C=O) groups is 1. The average molecular weight is 245 g/mol. The van der Waals surface area contributed by atoms with E-state index in [0.717, 1.165) is 5.56 Å². The Kier molecular flexibility index (Phi) is 3.15. The summed E-state index contributed by atoms with van der Waals surface area (Å²) >= 11 is 0. The number of rotatable bonds is 3. The van der Waals surface area contributed by atoms with Crippen molar-refractivity contribution in [3.8, 4) is 6.07 Å². The quantitative estimate of drug-likeness (QED) is 0.860. The van der Waals surface area contributed by atoms with E-state index in [-0.39, 0.29) is 12.3 Å². The second-order valence-electron chi connectivity index (χ2n) is 3.84. The van der Waals surface area contributed by atoms with Gasteiger partial charge in [0.1, 0.15) is 6.42 Å². The average Bonchev–Trinajstić information content (AvgIpc) is 2.63. The molecule has 92 valence electrons. The Hall–Kier alpha value is -2.55. The van der Waals surface area contributed by atoms with Gasteiger partial charge < -0.3 is 9.73 Å². The Balaban J connectivity index is 2.18. The molecule has 0 unspecified atom stereocenters. The minimum atomic E-state index is -0.421. The molecule has 0 aliphatic carbocycles. The standard InChI is InChI=1S/C12H11N3O3/c1-15-9-3-2-8(6-10(9)18-12(15)17)7-14-11(16)4-5-13/h2-3,6H,4,7H2,1H3,(H,14,16). The maximum absolute atomic E-state index is 11.3. The number of hydrogen-bond donors (Lipinski definition) is 1. The summed E-state index contributed by atoms with van der Waals surface area (Å²) < 4.78 is 6.45. The molecule has 1 N–H and O–H groups in total. The summed E-state index contributed by atoms with van der Waals surface area (Å²) in [7, 11) is 1.63. The smallest absolute Gasteiger partial charge is 0.408 e. The van der Waals surface area contributed by atoms with Crippen molar-refractivity contribution < 1.29 is 9.21 Å². The van der Waals surface area contributed by atoms with Gasteiger partial charge in [0, 0.05) is 13.6 Å². The molecular formula is C12H11N3O3. The summed E-state index contributed by atoms with van der Waals surface area (Å²) in [6.45, 7) is 0.301. The van der Waals surface area contributed by atoms with Gasteiger partial charge in [-0.05, 0) is 17.7 Å². The highest BCUT2D eigenvalue weighted by Gasteiger charge is 2.07. The lowest BCUT2D eigenvalue weighted by atomic mass is 10.2. The van der Waals surface area contributed by atoms with Gasteiger partial charge in [0.25, 0.3) is 0 Å². The van der Waals surface area contributed by atoms with E-state index >= 15 is 0 Å². The van der Waals surface area contributed by atoms with Crippen LogP contribution >= 0.6 is 0 Å². The topological polar surface area (TPSA) is 88.0 Å². The summed E-state index contributed by atoms with van der Waals surface area (Å²) in [6, 6.07) is 7.02. The van der Waals surface area contributed by atoms with Crippen molar-refractivity contribution in [1.82, 2.24) is 9.88 Å². The Morgan fingerprint density at radius 3 is 3.06 bits per heavy atom. The first-order chi connectivity index (χ1) is 8.61. The van der Waals surface area contributed by atoms with Crippen molar-refractivity contribution in [3.63, 3.8) is 0 Å². The van der Waals surface area contributed by atoms with E-state index in [4.69, 9.17) is 9.68 Å². The molecule has 1 amide bonds. The van der Waals surface area contributed by atoms with Gasteiger partial charge in [0.05, 0.1) is 11.6 Å². The molecule has 18 heavy (non-hydrogen) atoms. The molecule has 0 saturated carbocycles. The fourth-order valence-corrected chi connectivity index (χ4v) is 1.62. The maximum atomic E-state index is 11.3. The third-order valence-corrected chi connectivity index (χ3v) is 2.59. The summed E-state index contributed by atoms with van der Waals surface area (Å²) in [4.78, 5) is 22.4. The van der Waals surface area contributed by atoms with E-state index in [1.807, 2.05) is 0 Å². The van der Waals surface area contributed by atoms with Crippen LogP contribution in [-0.4, -0.2) is 10.5 Å². The van der Waals surface area contributed by atoms with E-state index in [9.17, 15) is 9.59 Å². The second kappa shape index (κ2) is 4.75. The number of nitriles is 1. The first-order valence-electron chi connectivity index (χ1n) is 5.34. The highest BCUT2D eigenvalue weighted by Crippen LogP contribution is 2.14. The number of carbonyl (C=O) groups excluding carboxylic acids is 1. The minimum absolute atomic E-state index is 0.164. The Morgan fingerprint density at radius 1 is 1.56 bits per heavy atom. The number of benzene rings is 1. The van der Waals surface area contributed by atoms with Gasteiger partial charge in [-0.15, -0.1) is 0 Å². The predicted octanol–water partition coefficient (Wildman–Crippen LogP) is 0.661. The minimum Gasteiger partial charge on any atom is -0.408 e. The molecule has 1 aromatic heterocycles. The van der Waals surface area contributed by atoms with Gasteiger partial charge in [0.15, 0.2) is 5.58 Å². The largest absolute Gasteiger partial charge is 0.419 e. The van der Waals surface area contributed by atoms with Crippen molar-refractivity contribution >= 4 is 17.0 Å². The van der Waals surface area contributed by atoms with Crippen LogP contribution in [-0.2, 0) is 18.4 Å². The molecule has 6 nitrogen and oxygen atoms in total. The van der Waals surface area contributed by atoms with Gasteiger partial charge in [-0.3, -0.25) is 9.36 Å². The van der Waals surface area contributed by atoms with Crippen LogP contribution < -0.4 is 11.1 Å². The molecule has 0 aliphatic rings. The van der Waals surface area contributed by atoms with Crippen LogP contribution in [0.5, 0.6) is 0 Å². The lowest BCUT2D eigenvalue weighted by molar-refractivity contribution is -0.120. The molecule has 2 aromatic rings. The molecule has 2 rings (SSSR count). The molecule has 1 aromatic carbocycles. The summed E-state index contributed by atoms with van der Waals surface area (Å²) in [5, 5.41) is 10.9. The lowest BCUT2D eigenvalue weighted by Crippen LogP contribution is -2.21. The van der Waals surface area contributed by atoms with Crippen LogP contribution in [0.1, 0.15) is 12.0 Å². The van der Waals surface area contributed by atoms with Crippen molar-refractivity contribution in [2.45, 2.75) is 13.0 Å². The van der Waals surface area contributed by atoms with Crippen LogP contribution in [0.25, 0.3) is 11.1 Å². The molecule has 0 saturated heterocycles. The van der Waals surface area contributed by atoms with Crippen LogP contribution in [0.15, 0.2) is 27.4 Å². The van der Waals surface area contributed by atoms with Crippen molar-refractivity contribution in [2.75, 3.05) is 0 Å². The monoisotopic (exact) mass is 245 g/mol. The summed E-state index contributed by atoms with van der Waals surface area (Å²) in [6.07, 6.45) is -0.164. The first kappa shape index (κ1) is 11.9. The second-order valence-corrected chi connectivity index (χ2v) is 3.84. The SMILES string of the molecule is Cn1c(=O)oc2cc(CNC(=O)CC#N)ccc21. The number of fused-ring (bicyclic) bond motifs is 1. The molecule has 0 spiro atoms. The first-order valence-corrected chi connectivity index (χ1v) is 5.34. The normalized spacial score (nSPS) is 10.2. The van der Waals surface area contributed by atoms with E-state index in [1.54, 1.807) is 31.3 Å². The van der Waals surface area contributed by atoms with E-state index in [2.05, 4.69) is 5.32 Å². The number of aromatic nitrogens is 1. The van der Waals surface area contributed by atoms with E-state index < -0.39 is 5.76 Å². The van der Waals surface area contributed by atoms with Crippen LogP contribution in [0, 0.1) is 11.3 Å². The summed E-state index contributed by atoms with van der Waals surface area (Å²) in [5.41, 5.74) is 1.99.